The van der Waals surface area contributed by atoms with E-state index in [1.54, 1.807) is 11.8 Å². The predicted molar refractivity (Wildman–Crippen MR) is 101 cm³/mol. The number of nitrogens with one attached hydrogen (secondary N) is 4. The molecule has 11 heteroatoms. The molecule has 0 bridgehead atoms. The first-order valence-corrected chi connectivity index (χ1v) is 9.89. The molecule has 1 atom stereocenters. The van der Waals surface area contributed by atoms with E-state index in [9.17, 15) is 24.0 Å². The van der Waals surface area contributed by atoms with Crippen molar-refractivity contribution in [1.82, 2.24) is 21.3 Å². The normalized spacial score (nSPS) is 11.1. The number of rotatable bonds is 13. The lowest BCUT2D eigenvalue weighted by molar-refractivity contribution is -0.141. The highest BCUT2D eigenvalue weighted by Crippen LogP contribution is 2.02. The van der Waals surface area contributed by atoms with Gasteiger partial charge in [-0.2, -0.15) is 11.8 Å². The lowest BCUT2D eigenvalue weighted by Gasteiger charge is -2.18. The average molecular weight is 404 g/mol. The molecule has 0 saturated heterocycles. The van der Waals surface area contributed by atoms with E-state index in [0.717, 1.165) is 0 Å². The molecule has 10 nitrogen and oxygen atoms in total. The number of ether oxygens (including phenoxy) is 1. The molecular weight excluding hydrogens is 376 g/mol. The largest absolute Gasteiger partial charge is 0.468 e. The maximum absolute atomic E-state index is 12.2. The Balaban J connectivity index is 4.28. The predicted octanol–water partition coefficient (Wildman–Crippen LogP) is -1.45. The number of carbonyl (C=O) groups is 5. The SMILES string of the molecule is CCCC(=O)NC(CCSC)C(=O)NCC(=O)NCC(=O)NCC(=O)OC. The van der Waals surface area contributed by atoms with Crippen molar-refractivity contribution in [3.8, 4) is 0 Å². The molecule has 0 aliphatic rings. The van der Waals surface area contributed by atoms with Gasteiger partial charge >= 0.3 is 5.97 Å². The van der Waals surface area contributed by atoms with Crippen LogP contribution in [0.1, 0.15) is 26.2 Å². The molecule has 0 aliphatic heterocycles. The second kappa shape index (κ2) is 14.8. The summed E-state index contributed by atoms with van der Waals surface area (Å²) in [7, 11) is 1.19. The highest BCUT2D eigenvalue weighted by atomic mass is 32.2. The van der Waals surface area contributed by atoms with E-state index in [1.807, 2.05) is 13.2 Å². The summed E-state index contributed by atoms with van der Waals surface area (Å²) in [6.07, 6.45) is 3.33. The van der Waals surface area contributed by atoms with Crippen molar-refractivity contribution >= 4 is 41.4 Å². The zero-order chi connectivity index (χ0) is 20.7. The van der Waals surface area contributed by atoms with E-state index in [1.165, 1.54) is 7.11 Å². The van der Waals surface area contributed by atoms with Gasteiger partial charge in [-0.15, -0.1) is 0 Å². The van der Waals surface area contributed by atoms with Crippen molar-refractivity contribution in [1.29, 1.82) is 0 Å². The van der Waals surface area contributed by atoms with E-state index in [4.69, 9.17) is 0 Å². The molecule has 27 heavy (non-hydrogen) atoms. The van der Waals surface area contributed by atoms with Crippen molar-refractivity contribution in [2.75, 3.05) is 38.8 Å². The van der Waals surface area contributed by atoms with Crippen LogP contribution in [0.4, 0.5) is 0 Å². The number of hydrogen-bond acceptors (Lipinski definition) is 7. The van der Waals surface area contributed by atoms with Crippen LogP contribution < -0.4 is 21.3 Å². The van der Waals surface area contributed by atoms with E-state index in [2.05, 4.69) is 26.0 Å². The fourth-order valence-electron chi connectivity index (χ4n) is 1.84. The second-order valence-electron chi connectivity index (χ2n) is 5.50. The summed E-state index contributed by atoms with van der Waals surface area (Å²) >= 11 is 1.54. The number of thioether (sulfide) groups is 1. The molecule has 0 fully saturated rings. The molecule has 0 saturated carbocycles. The Labute approximate surface area is 162 Å². The quantitative estimate of drug-likeness (QED) is 0.275. The van der Waals surface area contributed by atoms with E-state index in [-0.39, 0.29) is 25.5 Å². The standard InChI is InChI=1S/C16H28N4O6S/c1-4-5-12(21)20-11(6-7-27-3)16(25)19-9-14(23)17-8-13(22)18-10-15(24)26-2/h11H,4-10H2,1-3H3,(H,17,23)(H,18,22)(H,19,25)(H,20,21). The second-order valence-corrected chi connectivity index (χ2v) is 6.48. The summed E-state index contributed by atoms with van der Waals surface area (Å²) in [6, 6.07) is -0.715. The van der Waals surface area contributed by atoms with Crippen LogP contribution in [0.5, 0.6) is 0 Å². The first-order valence-electron chi connectivity index (χ1n) is 8.50. The van der Waals surface area contributed by atoms with Gasteiger partial charge in [0.15, 0.2) is 0 Å². The number of methoxy groups -OCH3 is 1. The Morgan fingerprint density at radius 3 is 2.07 bits per heavy atom. The van der Waals surface area contributed by atoms with Gasteiger partial charge in [0.05, 0.1) is 20.2 Å². The van der Waals surface area contributed by atoms with Gasteiger partial charge in [0.25, 0.3) is 0 Å². The number of amides is 4. The summed E-state index contributed by atoms with van der Waals surface area (Å²) in [5, 5.41) is 9.67. The van der Waals surface area contributed by atoms with Crippen LogP contribution in [0.25, 0.3) is 0 Å². The van der Waals surface area contributed by atoms with E-state index < -0.39 is 29.7 Å². The molecule has 0 spiro atoms. The van der Waals surface area contributed by atoms with Crippen molar-refractivity contribution in [3.05, 3.63) is 0 Å². The van der Waals surface area contributed by atoms with Crippen LogP contribution in [0.15, 0.2) is 0 Å². The minimum absolute atomic E-state index is 0.217. The molecule has 0 radical (unpaired) electrons. The van der Waals surface area contributed by atoms with Crippen LogP contribution in [-0.2, 0) is 28.7 Å². The Hall–Kier alpha value is -2.30. The molecule has 0 aromatic carbocycles. The monoisotopic (exact) mass is 404 g/mol. The molecule has 0 aromatic rings. The topological polar surface area (TPSA) is 143 Å². The number of hydrogen-bond donors (Lipinski definition) is 4. The van der Waals surface area contributed by atoms with Gasteiger partial charge < -0.3 is 26.0 Å². The highest BCUT2D eigenvalue weighted by molar-refractivity contribution is 7.98. The zero-order valence-corrected chi connectivity index (χ0v) is 16.7. The summed E-state index contributed by atoms with van der Waals surface area (Å²) in [4.78, 5) is 58.0. The molecule has 0 aliphatic carbocycles. The third-order valence-electron chi connectivity index (χ3n) is 3.27. The third kappa shape index (κ3) is 12.7. The Morgan fingerprint density at radius 1 is 0.926 bits per heavy atom. The molecule has 4 amide bonds. The van der Waals surface area contributed by atoms with Crippen LogP contribution in [0, 0.1) is 0 Å². The fraction of sp³-hybridized carbons (Fsp3) is 0.688. The van der Waals surface area contributed by atoms with Gasteiger partial charge in [-0.1, -0.05) is 6.92 Å². The number of carbonyl (C=O) groups excluding carboxylic acids is 5. The number of esters is 1. The maximum atomic E-state index is 12.2. The van der Waals surface area contributed by atoms with Crippen LogP contribution in [0.3, 0.4) is 0 Å². The summed E-state index contributed by atoms with van der Waals surface area (Å²) in [5.41, 5.74) is 0. The molecular formula is C16H28N4O6S. The Morgan fingerprint density at radius 2 is 1.52 bits per heavy atom. The molecule has 0 heterocycles. The summed E-state index contributed by atoms with van der Waals surface area (Å²) in [5.74, 6) is -1.74. The Bertz CT molecular complexity index is 529. The van der Waals surface area contributed by atoms with Gasteiger partial charge in [0, 0.05) is 6.42 Å². The average Bonchev–Trinajstić information content (AvgIpc) is 2.65. The van der Waals surface area contributed by atoms with Crippen LogP contribution in [0.2, 0.25) is 0 Å². The van der Waals surface area contributed by atoms with Gasteiger partial charge in [-0.05, 0) is 24.9 Å². The van der Waals surface area contributed by atoms with Crippen molar-refractivity contribution in [3.63, 3.8) is 0 Å². The zero-order valence-electron chi connectivity index (χ0n) is 15.9. The maximum Gasteiger partial charge on any atom is 0.325 e. The molecule has 1 unspecified atom stereocenters. The van der Waals surface area contributed by atoms with Crippen molar-refractivity contribution in [2.24, 2.45) is 0 Å². The Kier molecular flexibility index (Phi) is 13.6. The van der Waals surface area contributed by atoms with E-state index >= 15 is 0 Å². The van der Waals surface area contributed by atoms with Crippen molar-refractivity contribution < 1.29 is 28.7 Å². The summed E-state index contributed by atoms with van der Waals surface area (Å²) in [6.45, 7) is 0.899. The van der Waals surface area contributed by atoms with Gasteiger partial charge in [0.1, 0.15) is 12.6 Å². The minimum Gasteiger partial charge on any atom is -0.468 e. The van der Waals surface area contributed by atoms with Gasteiger partial charge in [0.2, 0.25) is 23.6 Å². The fourth-order valence-corrected chi connectivity index (χ4v) is 2.31. The minimum atomic E-state index is -0.715. The highest BCUT2D eigenvalue weighted by Gasteiger charge is 2.20. The third-order valence-corrected chi connectivity index (χ3v) is 3.91. The molecule has 0 rings (SSSR count). The lowest BCUT2D eigenvalue weighted by atomic mass is 10.2. The molecule has 4 N–H and O–H groups in total. The van der Waals surface area contributed by atoms with Crippen LogP contribution >= 0.6 is 11.8 Å². The van der Waals surface area contributed by atoms with Crippen LogP contribution in [-0.4, -0.2) is 74.4 Å². The van der Waals surface area contributed by atoms with Crippen molar-refractivity contribution in [2.45, 2.75) is 32.2 Å². The first kappa shape index (κ1) is 24.7. The molecule has 0 aromatic heterocycles. The summed E-state index contributed by atoms with van der Waals surface area (Å²) < 4.78 is 4.36. The van der Waals surface area contributed by atoms with Gasteiger partial charge in [-0.3, -0.25) is 24.0 Å². The lowest BCUT2D eigenvalue weighted by Crippen LogP contribution is -2.50. The molecule has 154 valence electrons. The smallest absolute Gasteiger partial charge is 0.325 e. The van der Waals surface area contributed by atoms with E-state index in [0.29, 0.717) is 25.0 Å². The first-order chi connectivity index (χ1) is 12.8. The van der Waals surface area contributed by atoms with Gasteiger partial charge in [-0.25, -0.2) is 0 Å².